The molecule has 4 rings (SSSR count). The number of amides is 2. The third-order valence-corrected chi connectivity index (χ3v) is 6.30. The fraction of sp³-hybridized carbons (Fsp3) is 0.310. The van der Waals surface area contributed by atoms with Crippen molar-refractivity contribution in [1.29, 1.82) is 0 Å². The summed E-state index contributed by atoms with van der Waals surface area (Å²) in [5.74, 6) is 0.0453. The molecular formula is C29H32FN5O3. The smallest absolute Gasteiger partial charge is 0.247 e. The highest BCUT2D eigenvalue weighted by molar-refractivity contribution is 5.89. The third-order valence-electron chi connectivity index (χ3n) is 6.30. The number of halogens is 1. The normalized spacial score (nSPS) is 11.9. The van der Waals surface area contributed by atoms with Crippen LogP contribution in [0.15, 0.2) is 72.8 Å². The molecule has 0 saturated carbocycles. The van der Waals surface area contributed by atoms with Crippen LogP contribution in [-0.2, 0) is 22.7 Å². The minimum Gasteiger partial charge on any atom is -0.497 e. The van der Waals surface area contributed by atoms with Crippen LogP contribution in [0.3, 0.4) is 0 Å². The molecule has 198 valence electrons. The molecule has 3 aromatic carbocycles. The standard InChI is InChI=1S/C29H32FN5O3/c1-20(2)16-17-31-29(37)28(22-10-14-24(38-3)15-11-22)34(18-21-8-12-23(30)13-9-21)27(36)19-35-26-7-5-4-6-25(26)32-33-35/h4-15,20,28H,16-19H2,1-3H3,(H,31,37). The Morgan fingerprint density at radius 3 is 2.42 bits per heavy atom. The first-order valence-corrected chi connectivity index (χ1v) is 12.6. The van der Waals surface area contributed by atoms with Crippen molar-refractivity contribution in [3.8, 4) is 5.75 Å². The molecule has 0 bridgehead atoms. The molecule has 1 unspecified atom stereocenters. The highest BCUT2D eigenvalue weighted by atomic mass is 19.1. The number of hydrogen-bond donors (Lipinski definition) is 1. The number of carbonyl (C=O) groups excluding carboxylic acids is 2. The number of aromatic nitrogens is 3. The number of nitrogens with one attached hydrogen (secondary N) is 1. The first-order valence-electron chi connectivity index (χ1n) is 12.6. The molecule has 0 aliphatic heterocycles. The summed E-state index contributed by atoms with van der Waals surface area (Å²) < 4.78 is 20.5. The highest BCUT2D eigenvalue weighted by Crippen LogP contribution is 2.27. The van der Waals surface area contributed by atoms with E-state index >= 15 is 0 Å². The van der Waals surface area contributed by atoms with Crippen molar-refractivity contribution < 1.29 is 18.7 Å². The lowest BCUT2D eigenvalue weighted by molar-refractivity contribution is -0.142. The van der Waals surface area contributed by atoms with Crippen LogP contribution in [0, 0.1) is 11.7 Å². The summed E-state index contributed by atoms with van der Waals surface area (Å²) in [6.07, 6.45) is 0.803. The number of fused-ring (bicyclic) bond motifs is 1. The molecular weight excluding hydrogens is 485 g/mol. The number of nitrogens with zero attached hydrogens (tertiary/aromatic N) is 4. The van der Waals surface area contributed by atoms with Crippen molar-refractivity contribution in [1.82, 2.24) is 25.2 Å². The van der Waals surface area contributed by atoms with Crippen LogP contribution in [0.2, 0.25) is 0 Å². The molecule has 0 aliphatic rings. The molecule has 38 heavy (non-hydrogen) atoms. The zero-order valence-electron chi connectivity index (χ0n) is 21.8. The molecule has 9 heteroatoms. The van der Waals surface area contributed by atoms with Gasteiger partial charge in [-0.15, -0.1) is 5.10 Å². The van der Waals surface area contributed by atoms with E-state index in [4.69, 9.17) is 4.74 Å². The van der Waals surface area contributed by atoms with E-state index in [0.29, 0.717) is 40.4 Å². The van der Waals surface area contributed by atoms with Gasteiger partial charge in [-0.25, -0.2) is 9.07 Å². The predicted molar refractivity (Wildman–Crippen MR) is 143 cm³/mol. The number of methoxy groups -OCH3 is 1. The Kier molecular flexibility index (Phi) is 8.68. The molecule has 1 atom stereocenters. The average Bonchev–Trinajstić information content (AvgIpc) is 3.32. The van der Waals surface area contributed by atoms with E-state index < -0.39 is 6.04 Å². The van der Waals surface area contributed by atoms with Gasteiger partial charge in [-0.05, 0) is 59.9 Å². The van der Waals surface area contributed by atoms with E-state index in [1.54, 1.807) is 43.5 Å². The van der Waals surface area contributed by atoms with E-state index in [1.807, 2.05) is 24.3 Å². The van der Waals surface area contributed by atoms with E-state index in [-0.39, 0.29) is 30.7 Å². The maximum Gasteiger partial charge on any atom is 0.247 e. The molecule has 2 amide bonds. The number of benzene rings is 3. The minimum absolute atomic E-state index is 0.0973. The average molecular weight is 518 g/mol. The molecule has 1 heterocycles. The Morgan fingerprint density at radius 2 is 1.74 bits per heavy atom. The Hall–Kier alpha value is -4.27. The van der Waals surface area contributed by atoms with Gasteiger partial charge in [0.25, 0.3) is 0 Å². The number of para-hydroxylation sites is 1. The Bertz CT molecular complexity index is 1370. The lowest BCUT2D eigenvalue weighted by Crippen LogP contribution is -2.45. The number of hydrogen-bond acceptors (Lipinski definition) is 5. The van der Waals surface area contributed by atoms with Crippen LogP contribution in [0.5, 0.6) is 5.75 Å². The largest absolute Gasteiger partial charge is 0.497 e. The van der Waals surface area contributed by atoms with Crippen LogP contribution in [0.25, 0.3) is 11.0 Å². The van der Waals surface area contributed by atoms with Crippen molar-refractivity contribution in [3.63, 3.8) is 0 Å². The summed E-state index contributed by atoms with van der Waals surface area (Å²) in [6.45, 7) is 4.63. The van der Waals surface area contributed by atoms with E-state index in [9.17, 15) is 14.0 Å². The molecule has 0 saturated heterocycles. The SMILES string of the molecule is COc1ccc(C(C(=O)NCCC(C)C)N(Cc2ccc(F)cc2)C(=O)Cn2nnc3ccccc32)cc1. The summed E-state index contributed by atoms with van der Waals surface area (Å²) in [6, 6.07) is 19.4. The van der Waals surface area contributed by atoms with Crippen molar-refractivity contribution in [2.75, 3.05) is 13.7 Å². The predicted octanol–water partition coefficient (Wildman–Crippen LogP) is 4.51. The third kappa shape index (κ3) is 6.53. The Labute approximate surface area is 221 Å². The van der Waals surface area contributed by atoms with Crippen molar-refractivity contribution >= 4 is 22.8 Å². The molecule has 1 aromatic heterocycles. The summed E-state index contributed by atoms with van der Waals surface area (Å²) in [7, 11) is 1.57. The van der Waals surface area contributed by atoms with Gasteiger partial charge in [-0.1, -0.05) is 55.5 Å². The first kappa shape index (κ1) is 26.8. The Morgan fingerprint density at radius 1 is 1.03 bits per heavy atom. The van der Waals surface area contributed by atoms with Gasteiger partial charge in [-0.3, -0.25) is 9.59 Å². The summed E-state index contributed by atoms with van der Waals surface area (Å²) >= 11 is 0. The molecule has 0 spiro atoms. The van der Waals surface area contributed by atoms with E-state index in [1.165, 1.54) is 21.7 Å². The van der Waals surface area contributed by atoms with Gasteiger partial charge in [0.2, 0.25) is 11.8 Å². The van der Waals surface area contributed by atoms with Gasteiger partial charge in [0.05, 0.1) is 12.6 Å². The molecule has 4 aromatic rings. The maximum atomic E-state index is 13.9. The van der Waals surface area contributed by atoms with Gasteiger partial charge in [0.1, 0.15) is 29.7 Å². The van der Waals surface area contributed by atoms with Gasteiger partial charge in [-0.2, -0.15) is 0 Å². The zero-order chi connectivity index (χ0) is 27.1. The lowest BCUT2D eigenvalue weighted by Gasteiger charge is -2.32. The van der Waals surface area contributed by atoms with Crippen LogP contribution in [0.4, 0.5) is 4.39 Å². The quantitative estimate of drug-likeness (QED) is 0.316. The van der Waals surface area contributed by atoms with Crippen molar-refractivity contribution in [3.05, 3.63) is 89.7 Å². The Balaban J connectivity index is 1.71. The molecule has 8 nitrogen and oxygen atoms in total. The van der Waals surface area contributed by atoms with Gasteiger partial charge < -0.3 is 15.0 Å². The van der Waals surface area contributed by atoms with E-state index in [2.05, 4.69) is 29.5 Å². The lowest BCUT2D eigenvalue weighted by atomic mass is 10.0. The number of rotatable bonds is 11. The second kappa shape index (κ2) is 12.3. The minimum atomic E-state index is -0.930. The molecule has 0 fully saturated rings. The zero-order valence-corrected chi connectivity index (χ0v) is 21.8. The number of ether oxygens (including phenoxy) is 1. The van der Waals surface area contributed by atoms with Crippen molar-refractivity contribution in [2.24, 2.45) is 5.92 Å². The van der Waals surface area contributed by atoms with Gasteiger partial charge >= 0.3 is 0 Å². The highest BCUT2D eigenvalue weighted by Gasteiger charge is 2.32. The van der Waals surface area contributed by atoms with Gasteiger partial charge in [0, 0.05) is 13.1 Å². The maximum absolute atomic E-state index is 13.9. The van der Waals surface area contributed by atoms with Crippen LogP contribution < -0.4 is 10.1 Å². The fourth-order valence-electron chi connectivity index (χ4n) is 4.20. The van der Waals surface area contributed by atoms with Crippen LogP contribution >= 0.6 is 0 Å². The first-order chi connectivity index (χ1) is 18.4. The summed E-state index contributed by atoms with van der Waals surface area (Å²) in [4.78, 5) is 29.1. The van der Waals surface area contributed by atoms with Crippen LogP contribution in [0.1, 0.15) is 37.4 Å². The second-order valence-corrected chi connectivity index (χ2v) is 9.53. The fourth-order valence-corrected chi connectivity index (χ4v) is 4.20. The van der Waals surface area contributed by atoms with Crippen LogP contribution in [-0.4, -0.2) is 45.4 Å². The van der Waals surface area contributed by atoms with Gasteiger partial charge in [0.15, 0.2) is 0 Å². The van der Waals surface area contributed by atoms with Crippen molar-refractivity contribution in [2.45, 2.75) is 39.4 Å². The molecule has 1 N–H and O–H groups in total. The monoisotopic (exact) mass is 517 g/mol. The van der Waals surface area contributed by atoms with E-state index in [0.717, 1.165) is 6.42 Å². The topological polar surface area (TPSA) is 89.4 Å². The molecule has 0 aliphatic carbocycles. The molecule has 0 radical (unpaired) electrons. The number of carbonyl (C=O) groups is 2. The summed E-state index contributed by atoms with van der Waals surface area (Å²) in [5, 5.41) is 11.3. The second-order valence-electron chi connectivity index (χ2n) is 9.53. The summed E-state index contributed by atoms with van der Waals surface area (Å²) in [5.41, 5.74) is 2.71.